The number of nitrogens with two attached hydrogens (primary N) is 1. The van der Waals surface area contributed by atoms with Gasteiger partial charge in [0.2, 0.25) is 0 Å². The molecule has 84 valence electrons. The molecule has 0 saturated carbocycles. The minimum absolute atomic E-state index is 0.0346. The van der Waals surface area contributed by atoms with E-state index in [0.29, 0.717) is 5.69 Å². The van der Waals surface area contributed by atoms with Crippen molar-refractivity contribution in [2.24, 2.45) is 0 Å². The zero-order valence-electron chi connectivity index (χ0n) is 8.66. The summed E-state index contributed by atoms with van der Waals surface area (Å²) in [6.45, 7) is 0. The van der Waals surface area contributed by atoms with Crippen LogP contribution in [0.3, 0.4) is 0 Å². The van der Waals surface area contributed by atoms with Crippen LogP contribution in [0.1, 0.15) is 16.1 Å². The smallest absolute Gasteiger partial charge is 0.337 e. The molecular formula is C11H8N4O2. The van der Waals surface area contributed by atoms with Gasteiger partial charge in [0.15, 0.2) is 5.82 Å². The third-order valence-electron chi connectivity index (χ3n) is 2.29. The van der Waals surface area contributed by atoms with E-state index >= 15 is 0 Å². The average molecular weight is 228 g/mol. The Morgan fingerprint density at radius 1 is 1.53 bits per heavy atom. The second-order valence-corrected chi connectivity index (χ2v) is 3.28. The normalized spacial score (nSPS) is 9.82. The Labute approximate surface area is 96.5 Å². The van der Waals surface area contributed by atoms with Crippen molar-refractivity contribution in [1.29, 1.82) is 5.26 Å². The van der Waals surface area contributed by atoms with Crippen LogP contribution in [-0.4, -0.2) is 20.6 Å². The number of hydrogen-bond donors (Lipinski definition) is 2. The lowest BCUT2D eigenvalue weighted by atomic mass is 10.2. The Kier molecular flexibility index (Phi) is 2.51. The molecule has 2 rings (SSSR count). The minimum atomic E-state index is -1.13. The van der Waals surface area contributed by atoms with Crippen LogP contribution in [0.2, 0.25) is 0 Å². The van der Waals surface area contributed by atoms with E-state index in [1.807, 2.05) is 6.07 Å². The zero-order chi connectivity index (χ0) is 12.4. The second kappa shape index (κ2) is 3.98. The lowest BCUT2D eigenvalue weighted by molar-refractivity contribution is 0.0698. The van der Waals surface area contributed by atoms with Gasteiger partial charge in [-0.05, 0) is 18.2 Å². The molecule has 0 spiro atoms. The molecule has 2 aromatic rings. The van der Waals surface area contributed by atoms with Gasteiger partial charge in [0.05, 0.1) is 11.3 Å². The van der Waals surface area contributed by atoms with Crippen LogP contribution in [0.15, 0.2) is 30.6 Å². The van der Waals surface area contributed by atoms with Crippen molar-refractivity contribution < 1.29 is 9.90 Å². The Bertz CT molecular complexity index is 625. The molecule has 0 fully saturated rings. The molecule has 6 heteroatoms. The largest absolute Gasteiger partial charge is 0.478 e. The molecule has 0 aromatic carbocycles. The van der Waals surface area contributed by atoms with Crippen molar-refractivity contribution in [1.82, 2.24) is 9.55 Å². The first-order valence-electron chi connectivity index (χ1n) is 4.70. The van der Waals surface area contributed by atoms with Crippen LogP contribution in [-0.2, 0) is 0 Å². The number of carboxylic acid groups (broad SMARTS) is 1. The van der Waals surface area contributed by atoms with Crippen LogP contribution in [0.25, 0.3) is 5.82 Å². The average Bonchev–Trinajstić information content (AvgIpc) is 2.76. The summed E-state index contributed by atoms with van der Waals surface area (Å²) in [7, 11) is 0. The Hall–Kier alpha value is -2.81. The van der Waals surface area contributed by atoms with E-state index in [4.69, 9.17) is 16.1 Å². The maximum Gasteiger partial charge on any atom is 0.337 e. The molecule has 0 radical (unpaired) electrons. The summed E-state index contributed by atoms with van der Waals surface area (Å²) in [5, 5.41) is 17.8. The van der Waals surface area contributed by atoms with Crippen LogP contribution in [0.4, 0.5) is 5.69 Å². The number of nitriles is 1. The molecule has 0 unspecified atom stereocenters. The highest BCUT2D eigenvalue weighted by molar-refractivity contribution is 5.95. The molecule has 0 aliphatic carbocycles. The van der Waals surface area contributed by atoms with E-state index in [2.05, 4.69) is 4.98 Å². The maximum atomic E-state index is 10.9. The summed E-state index contributed by atoms with van der Waals surface area (Å²) in [5.74, 6) is -0.886. The van der Waals surface area contributed by atoms with Crippen molar-refractivity contribution >= 4 is 11.7 Å². The van der Waals surface area contributed by atoms with Gasteiger partial charge in [0, 0.05) is 12.4 Å². The predicted molar refractivity (Wildman–Crippen MR) is 59.7 cm³/mol. The highest BCUT2D eigenvalue weighted by Gasteiger charge is 2.14. The summed E-state index contributed by atoms with van der Waals surface area (Å²) in [6, 6.07) is 6.54. The molecule has 2 heterocycles. The topological polar surface area (TPSA) is 105 Å². The van der Waals surface area contributed by atoms with Crippen LogP contribution < -0.4 is 5.73 Å². The molecule has 0 aliphatic rings. The third-order valence-corrected chi connectivity index (χ3v) is 2.29. The fourth-order valence-corrected chi connectivity index (χ4v) is 1.50. The van der Waals surface area contributed by atoms with E-state index in [1.165, 1.54) is 16.8 Å². The lowest BCUT2D eigenvalue weighted by Crippen LogP contribution is -2.09. The lowest BCUT2D eigenvalue weighted by Gasteiger charge is -2.08. The monoisotopic (exact) mass is 228 g/mol. The van der Waals surface area contributed by atoms with Gasteiger partial charge >= 0.3 is 5.97 Å². The van der Waals surface area contributed by atoms with Gasteiger partial charge < -0.3 is 10.8 Å². The minimum Gasteiger partial charge on any atom is -0.478 e. The van der Waals surface area contributed by atoms with Gasteiger partial charge in [0.25, 0.3) is 0 Å². The van der Waals surface area contributed by atoms with E-state index in [9.17, 15) is 4.79 Å². The quantitative estimate of drug-likeness (QED) is 0.798. The standard InChI is InChI=1S/C11H8N4O2/c12-6-7-2-1-5-15(7)10-9(13)8(11(16)17)3-4-14-10/h1-5H,13H2,(H,16,17). The molecule has 0 saturated heterocycles. The van der Waals surface area contributed by atoms with Gasteiger partial charge in [-0.3, -0.25) is 4.57 Å². The Balaban J connectivity index is 2.66. The fraction of sp³-hybridized carbons (Fsp3) is 0. The van der Waals surface area contributed by atoms with Crippen molar-refractivity contribution in [3.63, 3.8) is 0 Å². The molecule has 0 atom stereocenters. The molecule has 3 N–H and O–H groups in total. The number of carboxylic acids is 1. The van der Waals surface area contributed by atoms with Crippen molar-refractivity contribution in [2.45, 2.75) is 0 Å². The molecule has 0 aliphatic heterocycles. The van der Waals surface area contributed by atoms with Crippen molar-refractivity contribution in [2.75, 3.05) is 5.73 Å². The summed E-state index contributed by atoms with van der Waals surface area (Å²) >= 11 is 0. The van der Waals surface area contributed by atoms with E-state index in [0.717, 1.165) is 0 Å². The number of anilines is 1. The maximum absolute atomic E-state index is 10.9. The molecular weight excluding hydrogens is 220 g/mol. The fourth-order valence-electron chi connectivity index (χ4n) is 1.50. The number of aromatic carboxylic acids is 1. The first-order valence-corrected chi connectivity index (χ1v) is 4.70. The molecule has 0 bridgehead atoms. The summed E-state index contributed by atoms with van der Waals surface area (Å²) in [5.41, 5.74) is 6.07. The summed E-state index contributed by atoms with van der Waals surface area (Å²) in [6.07, 6.45) is 2.94. The van der Waals surface area contributed by atoms with Gasteiger partial charge in [0.1, 0.15) is 11.8 Å². The van der Waals surface area contributed by atoms with Crippen LogP contribution in [0.5, 0.6) is 0 Å². The number of hydrogen-bond acceptors (Lipinski definition) is 4. The van der Waals surface area contributed by atoms with E-state index < -0.39 is 5.97 Å². The molecule has 0 amide bonds. The van der Waals surface area contributed by atoms with Gasteiger partial charge in [-0.2, -0.15) is 5.26 Å². The number of rotatable bonds is 2. The van der Waals surface area contributed by atoms with Gasteiger partial charge in [-0.25, -0.2) is 9.78 Å². The molecule has 2 aromatic heterocycles. The SMILES string of the molecule is N#Cc1cccn1-c1nccc(C(=O)O)c1N. The van der Waals surface area contributed by atoms with Crippen molar-refractivity contribution in [3.05, 3.63) is 41.9 Å². The number of nitrogens with zero attached hydrogens (tertiary/aromatic N) is 3. The highest BCUT2D eigenvalue weighted by Crippen LogP contribution is 2.20. The van der Waals surface area contributed by atoms with Gasteiger partial charge in [-0.1, -0.05) is 0 Å². The Morgan fingerprint density at radius 3 is 2.94 bits per heavy atom. The first-order chi connectivity index (χ1) is 8.15. The number of carbonyl (C=O) groups is 1. The Morgan fingerprint density at radius 2 is 2.29 bits per heavy atom. The summed E-state index contributed by atoms with van der Waals surface area (Å²) < 4.78 is 1.45. The number of aromatic nitrogens is 2. The second-order valence-electron chi connectivity index (χ2n) is 3.28. The van der Waals surface area contributed by atoms with Crippen LogP contribution >= 0.6 is 0 Å². The van der Waals surface area contributed by atoms with E-state index in [1.54, 1.807) is 18.3 Å². The van der Waals surface area contributed by atoms with Gasteiger partial charge in [-0.15, -0.1) is 0 Å². The number of pyridine rings is 1. The highest BCUT2D eigenvalue weighted by atomic mass is 16.4. The van der Waals surface area contributed by atoms with E-state index in [-0.39, 0.29) is 17.1 Å². The molecule has 17 heavy (non-hydrogen) atoms. The summed E-state index contributed by atoms with van der Waals surface area (Å²) in [4.78, 5) is 14.9. The van der Waals surface area contributed by atoms with Crippen LogP contribution in [0, 0.1) is 11.3 Å². The first kappa shape index (κ1) is 10.7. The third kappa shape index (κ3) is 1.70. The van der Waals surface area contributed by atoms with Crippen molar-refractivity contribution in [3.8, 4) is 11.9 Å². The predicted octanol–water partition coefficient (Wildman–Crippen LogP) is 1.02. The number of nitrogen functional groups attached to an aromatic ring is 1. The molecule has 6 nitrogen and oxygen atoms in total. The zero-order valence-corrected chi connectivity index (χ0v) is 8.66.